The third-order valence-corrected chi connectivity index (χ3v) is 8.85. The maximum atomic E-state index is 15.4. The fourth-order valence-corrected chi connectivity index (χ4v) is 6.79. The lowest BCUT2D eigenvalue weighted by atomic mass is 9.94. The van der Waals surface area contributed by atoms with Crippen LogP contribution in [0.25, 0.3) is 22.2 Å². The Labute approximate surface area is 261 Å². The molecule has 0 radical (unpaired) electrons. The van der Waals surface area contributed by atoms with Crippen molar-refractivity contribution >= 4 is 16.9 Å². The summed E-state index contributed by atoms with van der Waals surface area (Å²) in [7, 11) is 0. The molecule has 1 unspecified atom stereocenters. The summed E-state index contributed by atoms with van der Waals surface area (Å²) < 4.78 is 102. The second kappa shape index (κ2) is 10.9. The van der Waals surface area contributed by atoms with E-state index in [1.165, 1.54) is 18.3 Å². The summed E-state index contributed by atoms with van der Waals surface area (Å²) >= 11 is 0. The summed E-state index contributed by atoms with van der Waals surface area (Å²) in [5.41, 5.74) is -0.639. The lowest BCUT2D eigenvalue weighted by molar-refractivity contribution is -0.123. The predicted molar refractivity (Wildman–Crippen MR) is 151 cm³/mol. The quantitative estimate of drug-likeness (QED) is 0.183. The number of halogens is 7. The first-order chi connectivity index (χ1) is 22.4. The van der Waals surface area contributed by atoms with Crippen molar-refractivity contribution in [2.45, 2.75) is 44.2 Å². The molecule has 2 aliphatic carbocycles. The second-order valence-corrected chi connectivity index (χ2v) is 11.8. The van der Waals surface area contributed by atoms with Gasteiger partial charge in [-0.1, -0.05) is 13.0 Å². The van der Waals surface area contributed by atoms with Gasteiger partial charge in [0.1, 0.15) is 47.0 Å². The minimum Gasteiger partial charge on any atom is -0.346 e. The highest BCUT2D eigenvalue weighted by molar-refractivity contribution is 5.83. The van der Waals surface area contributed by atoms with Crippen LogP contribution in [0.1, 0.15) is 59.1 Å². The molecule has 15 heteroatoms. The van der Waals surface area contributed by atoms with Gasteiger partial charge in [-0.05, 0) is 53.8 Å². The highest BCUT2D eigenvalue weighted by Gasteiger charge is 2.71. The van der Waals surface area contributed by atoms with Crippen molar-refractivity contribution in [2.75, 3.05) is 0 Å². The van der Waals surface area contributed by atoms with Gasteiger partial charge >= 0.3 is 0 Å². The number of H-pyrrole nitrogens is 1. The Bertz CT molecular complexity index is 2100. The molecule has 0 saturated heterocycles. The molecular formula is C32H22F7N7O. The minimum atomic E-state index is -3.49. The number of hydrogen-bond acceptors (Lipinski definition) is 5. The number of carbonyl (C=O) groups is 1. The smallest absolute Gasteiger partial charge is 0.293 e. The molecule has 4 atom stereocenters. The molecule has 1 fully saturated rings. The predicted octanol–water partition coefficient (Wildman–Crippen LogP) is 6.60. The summed E-state index contributed by atoms with van der Waals surface area (Å²) in [6.45, 7) is 0.674. The van der Waals surface area contributed by atoms with E-state index in [-0.39, 0.29) is 39.9 Å². The fourth-order valence-electron chi connectivity index (χ4n) is 6.79. The van der Waals surface area contributed by atoms with Gasteiger partial charge in [0, 0.05) is 29.0 Å². The summed E-state index contributed by atoms with van der Waals surface area (Å²) in [5.74, 6) is -9.56. The van der Waals surface area contributed by atoms with Crippen LogP contribution < -0.4 is 5.32 Å². The first-order valence-corrected chi connectivity index (χ1v) is 14.4. The van der Waals surface area contributed by atoms with Gasteiger partial charge in [-0.25, -0.2) is 26.9 Å². The average Bonchev–Trinajstić information content (AvgIpc) is 3.28. The molecule has 0 bridgehead atoms. The van der Waals surface area contributed by atoms with E-state index < -0.39 is 77.4 Å². The van der Waals surface area contributed by atoms with Gasteiger partial charge in [0.2, 0.25) is 5.91 Å². The van der Waals surface area contributed by atoms with Crippen LogP contribution in [0.2, 0.25) is 0 Å². The Morgan fingerprint density at radius 1 is 1.11 bits per heavy atom. The molecule has 3 heterocycles. The SMILES string of the molecule is C[C@H]1C2[C@H]1c1c(C(F)F)nn(CC(=O)N[C@@H](Cc3cc(F)cc(F)c3)c3nc4cn[nH]c4cc3-c3ccc(C#N)c(F)c3)c1C2(F)F. The number of aromatic nitrogens is 5. The zero-order chi connectivity index (χ0) is 33.4. The van der Waals surface area contributed by atoms with E-state index in [4.69, 9.17) is 0 Å². The average molecular weight is 654 g/mol. The fraction of sp³-hybridized carbons (Fsp3) is 0.281. The van der Waals surface area contributed by atoms with Gasteiger partial charge in [-0.3, -0.25) is 14.6 Å². The van der Waals surface area contributed by atoms with Crippen LogP contribution in [-0.2, 0) is 23.7 Å². The number of benzene rings is 2. The number of nitrogens with zero attached hydrogens (tertiary/aromatic N) is 5. The van der Waals surface area contributed by atoms with Crippen molar-refractivity contribution in [3.8, 4) is 17.2 Å². The lowest BCUT2D eigenvalue weighted by Gasteiger charge is -2.23. The van der Waals surface area contributed by atoms with Crippen LogP contribution >= 0.6 is 0 Å². The van der Waals surface area contributed by atoms with Gasteiger partial charge < -0.3 is 5.32 Å². The standard InChI is InChI=1S/C32H22F7N7O/c1-13-25-26-29(31(36)37)45-46(30(26)32(38,39)27(13)25)12-24(47)42-22(6-14-4-17(33)8-18(34)5-14)28-19(9-21-23(43-28)11-41-44-21)15-2-3-16(10-40)20(35)7-15/h2-5,7-9,11,13,22,25,27,31H,6,12H2,1H3,(H,41,44)(H,42,47)/t13-,22+,25-,27?/m1/s1. The number of alkyl halides is 4. The van der Waals surface area contributed by atoms with Crippen molar-refractivity contribution in [1.82, 2.24) is 30.3 Å². The van der Waals surface area contributed by atoms with Crippen LogP contribution in [0.4, 0.5) is 30.7 Å². The van der Waals surface area contributed by atoms with Crippen molar-refractivity contribution in [3.63, 3.8) is 0 Å². The zero-order valence-corrected chi connectivity index (χ0v) is 24.2. The maximum absolute atomic E-state index is 15.4. The van der Waals surface area contributed by atoms with E-state index in [1.54, 1.807) is 19.1 Å². The number of nitrogens with one attached hydrogen (secondary N) is 2. The minimum absolute atomic E-state index is 0.0828. The van der Waals surface area contributed by atoms with Crippen molar-refractivity contribution in [1.29, 1.82) is 5.26 Å². The molecule has 240 valence electrons. The highest BCUT2D eigenvalue weighted by atomic mass is 19.3. The van der Waals surface area contributed by atoms with E-state index in [0.717, 1.165) is 18.2 Å². The van der Waals surface area contributed by atoms with Gasteiger partial charge in [0.15, 0.2) is 0 Å². The summed E-state index contributed by atoms with van der Waals surface area (Å²) in [6, 6.07) is 8.54. The number of fused-ring (bicyclic) bond motifs is 4. The second-order valence-electron chi connectivity index (χ2n) is 11.8. The van der Waals surface area contributed by atoms with E-state index in [1.807, 2.05) is 0 Å². The van der Waals surface area contributed by atoms with Crippen molar-refractivity contribution in [3.05, 3.63) is 99.9 Å². The molecule has 47 heavy (non-hydrogen) atoms. The van der Waals surface area contributed by atoms with Crippen LogP contribution in [0.15, 0.2) is 48.7 Å². The van der Waals surface area contributed by atoms with Gasteiger partial charge in [-0.15, -0.1) is 0 Å². The van der Waals surface area contributed by atoms with Crippen molar-refractivity contribution < 1.29 is 35.5 Å². The molecule has 5 aromatic rings. The molecule has 2 aliphatic rings. The maximum Gasteiger partial charge on any atom is 0.293 e. The Balaban J connectivity index is 1.30. The number of amides is 1. The van der Waals surface area contributed by atoms with Crippen LogP contribution in [0.3, 0.4) is 0 Å². The van der Waals surface area contributed by atoms with Crippen LogP contribution in [0, 0.1) is 40.6 Å². The molecule has 2 aromatic carbocycles. The summed E-state index contributed by atoms with van der Waals surface area (Å²) in [5, 5.41) is 22.2. The normalized spacial score (nSPS) is 19.8. The van der Waals surface area contributed by atoms with Crippen LogP contribution in [-0.4, -0.2) is 30.9 Å². The monoisotopic (exact) mass is 653 g/mol. The zero-order valence-electron chi connectivity index (χ0n) is 24.2. The Morgan fingerprint density at radius 3 is 2.53 bits per heavy atom. The molecule has 7 rings (SSSR count). The first kappa shape index (κ1) is 30.4. The molecule has 3 aromatic heterocycles. The number of carbonyl (C=O) groups excluding carboxylic acids is 1. The Hall–Kier alpha value is -5.26. The van der Waals surface area contributed by atoms with Gasteiger partial charge in [0.05, 0.1) is 29.0 Å². The number of hydrogen-bond donors (Lipinski definition) is 2. The lowest BCUT2D eigenvalue weighted by Crippen LogP contribution is -2.35. The molecule has 1 amide bonds. The van der Waals surface area contributed by atoms with Crippen LogP contribution in [0.5, 0.6) is 0 Å². The summed E-state index contributed by atoms with van der Waals surface area (Å²) in [6.07, 6.45) is -2.05. The molecular weight excluding hydrogens is 631 g/mol. The van der Waals surface area contributed by atoms with E-state index in [2.05, 4.69) is 25.6 Å². The third-order valence-electron chi connectivity index (χ3n) is 8.85. The first-order valence-electron chi connectivity index (χ1n) is 14.4. The Morgan fingerprint density at radius 2 is 1.85 bits per heavy atom. The van der Waals surface area contributed by atoms with Crippen molar-refractivity contribution in [2.24, 2.45) is 11.8 Å². The van der Waals surface area contributed by atoms with E-state index in [0.29, 0.717) is 21.8 Å². The summed E-state index contributed by atoms with van der Waals surface area (Å²) in [4.78, 5) is 18.2. The molecule has 0 spiro atoms. The largest absolute Gasteiger partial charge is 0.346 e. The number of rotatable bonds is 8. The highest BCUT2D eigenvalue weighted by Crippen LogP contribution is 2.71. The number of pyridine rings is 1. The molecule has 2 N–H and O–H groups in total. The molecule has 1 saturated carbocycles. The third kappa shape index (κ3) is 5.08. The molecule has 8 nitrogen and oxygen atoms in total. The Kier molecular flexibility index (Phi) is 7.07. The van der Waals surface area contributed by atoms with E-state index in [9.17, 15) is 32.0 Å². The van der Waals surface area contributed by atoms with E-state index >= 15 is 8.78 Å². The van der Waals surface area contributed by atoms with Gasteiger partial charge in [-0.2, -0.15) is 24.2 Å². The molecule has 0 aliphatic heterocycles. The number of aromatic amines is 1. The topological polar surface area (TPSA) is 112 Å². The van der Waals surface area contributed by atoms with Gasteiger partial charge in [0.25, 0.3) is 12.3 Å². The number of nitriles is 1.